The number of aromatic nitrogens is 3. The molecule has 2 aromatic carbocycles. The largest absolute Gasteiger partial charge is 0.366 e. The number of halogens is 1. The maximum absolute atomic E-state index is 14.1. The van der Waals surface area contributed by atoms with E-state index in [0.29, 0.717) is 43.2 Å². The maximum atomic E-state index is 14.1. The number of thioether (sulfide) groups is 1. The van der Waals surface area contributed by atoms with Crippen LogP contribution in [-0.2, 0) is 12.3 Å². The van der Waals surface area contributed by atoms with E-state index in [1.165, 1.54) is 6.07 Å². The van der Waals surface area contributed by atoms with Gasteiger partial charge < -0.3 is 14.4 Å². The number of thiophene rings is 1. The number of carbonyl (C=O) groups excluding carboxylic acids is 1. The Morgan fingerprint density at radius 2 is 1.86 bits per heavy atom. The van der Waals surface area contributed by atoms with Gasteiger partial charge >= 0.3 is 0 Å². The zero-order chi connectivity index (χ0) is 24.2. The molecule has 0 atom stereocenters. The second-order valence-corrected chi connectivity index (χ2v) is 10.1. The van der Waals surface area contributed by atoms with Crippen LogP contribution in [-0.4, -0.2) is 51.8 Å². The van der Waals surface area contributed by atoms with Crippen LogP contribution >= 0.6 is 23.1 Å². The molecule has 1 fully saturated rings. The third kappa shape index (κ3) is 5.11. The van der Waals surface area contributed by atoms with Crippen molar-refractivity contribution < 1.29 is 9.18 Å². The fourth-order valence-electron chi connectivity index (χ4n) is 4.25. The molecular formula is C26H26FN5OS2. The number of amides is 1. The molecule has 1 amide bonds. The Morgan fingerprint density at radius 1 is 1.03 bits per heavy atom. The molecule has 1 aliphatic heterocycles. The Kier molecular flexibility index (Phi) is 7.15. The van der Waals surface area contributed by atoms with E-state index in [1.807, 2.05) is 51.6 Å². The minimum Gasteiger partial charge on any atom is -0.366 e. The molecule has 35 heavy (non-hydrogen) atoms. The second-order valence-electron chi connectivity index (χ2n) is 8.25. The van der Waals surface area contributed by atoms with Gasteiger partial charge in [-0.05, 0) is 48.2 Å². The molecule has 1 saturated heterocycles. The summed E-state index contributed by atoms with van der Waals surface area (Å²) in [5.74, 6) is 1.38. The van der Waals surface area contributed by atoms with Crippen molar-refractivity contribution in [2.75, 3.05) is 31.1 Å². The van der Waals surface area contributed by atoms with E-state index >= 15 is 0 Å². The highest BCUT2D eigenvalue weighted by Gasteiger charge is 2.24. The maximum Gasteiger partial charge on any atom is 0.253 e. The van der Waals surface area contributed by atoms with Gasteiger partial charge in [0.05, 0.1) is 10.6 Å². The van der Waals surface area contributed by atoms with Gasteiger partial charge in [0.2, 0.25) is 0 Å². The first-order valence-electron chi connectivity index (χ1n) is 11.6. The molecule has 6 nitrogen and oxygen atoms in total. The van der Waals surface area contributed by atoms with Gasteiger partial charge in [-0.15, -0.1) is 21.5 Å². The molecule has 180 valence electrons. The van der Waals surface area contributed by atoms with E-state index in [1.54, 1.807) is 35.2 Å². The summed E-state index contributed by atoms with van der Waals surface area (Å²) in [6, 6.07) is 18.7. The lowest BCUT2D eigenvalue weighted by Crippen LogP contribution is -2.49. The third-order valence-corrected chi connectivity index (χ3v) is 7.98. The van der Waals surface area contributed by atoms with Gasteiger partial charge in [-0.3, -0.25) is 4.79 Å². The number of carbonyl (C=O) groups is 1. The zero-order valence-corrected chi connectivity index (χ0v) is 21.1. The summed E-state index contributed by atoms with van der Waals surface area (Å²) in [6.07, 6.45) is 0. The molecule has 0 N–H and O–H groups in total. The summed E-state index contributed by atoms with van der Waals surface area (Å²) >= 11 is 3.28. The monoisotopic (exact) mass is 507 g/mol. The summed E-state index contributed by atoms with van der Waals surface area (Å²) in [6.45, 7) is 5.24. The molecule has 0 bridgehead atoms. The van der Waals surface area contributed by atoms with Crippen LogP contribution in [0.15, 0.2) is 71.2 Å². The molecule has 5 rings (SSSR count). The van der Waals surface area contributed by atoms with Crippen molar-refractivity contribution in [3.63, 3.8) is 0 Å². The molecule has 9 heteroatoms. The van der Waals surface area contributed by atoms with Crippen LogP contribution in [0.5, 0.6) is 0 Å². The van der Waals surface area contributed by atoms with Crippen molar-refractivity contribution in [1.29, 1.82) is 0 Å². The van der Waals surface area contributed by atoms with Crippen molar-refractivity contribution in [3.8, 4) is 10.7 Å². The van der Waals surface area contributed by atoms with E-state index in [9.17, 15) is 9.18 Å². The Morgan fingerprint density at radius 3 is 2.60 bits per heavy atom. The lowest BCUT2D eigenvalue weighted by atomic mass is 10.1. The SMILES string of the molecule is CCn1c(SCc2cccc(C(=O)N3CCN(c4ccccc4F)CC3)c2)nnc1-c1cccs1. The number of para-hydroxylation sites is 1. The molecule has 0 radical (unpaired) electrons. The molecule has 3 heterocycles. The van der Waals surface area contributed by atoms with Crippen molar-refractivity contribution in [2.24, 2.45) is 0 Å². The van der Waals surface area contributed by atoms with E-state index < -0.39 is 0 Å². The Hall–Kier alpha value is -3.17. The minimum atomic E-state index is -0.223. The van der Waals surface area contributed by atoms with Gasteiger partial charge in [0.15, 0.2) is 11.0 Å². The van der Waals surface area contributed by atoms with Crippen LogP contribution < -0.4 is 4.90 Å². The van der Waals surface area contributed by atoms with Crippen LogP contribution in [0.2, 0.25) is 0 Å². The quantitative estimate of drug-likeness (QED) is 0.313. The third-order valence-electron chi connectivity index (χ3n) is 6.08. The summed E-state index contributed by atoms with van der Waals surface area (Å²) in [7, 11) is 0. The first-order valence-corrected chi connectivity index (χ1v) is 13.5. The topological polar surface area (TPSA) is 54.3 Å². The van der Waals surface area contributed by atoms with E-state index in [2.05, 4.69) is 27.8 Å². The normalized spacial score (nSPS) is 13.9. The highest BCUT2D eigenvalue weighted by atomic mass is 32.2. The van der Waals surface area contributed by atoms with Gasteiger partial charge in [-0.25, -0.2) is 4.39 Å². The van der Waals surface area contributed by atoms with Crippen molar-refractivity contribution in [2.45, 2.75) is 24.4 Å². The van der Waals surface area contributed by atoms with Crippen LogP contribution in [0.3, 0.4) is 0 Å². The first kappa shape index (κ1) is 23.6. The van der Waals surface area contributed by atoms with Crippen LogP contribution in [0.4, 0.5) is 10.1 Å². The smallest absolute Gasteiger partial charge is 0.253 e. The van der Waals surface area contributed by atoms with Gasteiger partial charge in [0.1, 0.15) is 5.82 Å². The van der Waals surface area contributed by atoms with Crippen molar-refractivity contribution in [1.82, 2.24) is 19.7 Å². The predicted molar refractivity (Wildman–Crippen MR) is 140 cm³/mol. The Bertz CT molecular complexity index is 1300. The second kappa shape index (κ2) is 10.6. The fraction of sp³-hybridized carbons (Fsp3) is 0.269. The molecule has 0 spiro atoms. The molecule has 1 aliphatic rings. The number of rotatable bonds is 7. The Labute approximate surface area is 212 Å². The molecule has 0 saturated carbocycles. The summed E-state index contributed by atoms with van der Waals surface area (Å²) in [4.78, 5) is 18.1. The Balaban J connectivity index is 1.22. The van der Waals surface area contributed by atoms with E-state index in [4.69, 9.17) is 0 Å². The first-order chi connectivity index (χ1) is 17.1. The van der Waals surface area contributed by atoms with Crippen LogP contribution in [0, 0.1) is 5.82 Å². The predicted octanol–water partition coefficient (Wildman–Crippen LogP) is 5.42. The van der Waals surface area contributed by atoms with Gasteiger partial charge in [0.25, 0.3) is 5.91 Å². The lowest BCUT2D eigenvalue weighted by molar-refractivity contribution is 0.0746. The number of hydrogen-bond donors (Lipinski definition) is 0. The van der Waals surface area contributed by atoms with Crippen LogP contribution in [0.25, 0.3) is 10.7 Å². The van der Waals surface area contributed by atoms with Gasteiger partial charge in [0, 0.05) is 44.0 Å². The van der Waals surface area contributed by atoms with E-state index in [0.717, 1.165) is 28.0 Å². The van der Waals surface area contributed by atoms with Crippen molar-refractivity contribution in [3.05, 3.63) is 83.0 Å². The minimum absolute atomic E-state index is 0.0155. The number of benzene rings is 2. The number of nitrogens with zero attached hydrogens (tertiary/aromatic N) is 5. The lowest BCUT2D eigenvalue weighted by Gasteiger charge is -2.36. The number of hydrogen-bond acceptors (Lipinski definition) is 6. The van der Waals surface area contributed by atoms with E-state index in [-0.39, 0.29) is 11.7 Å². The highest BCUT2D eigenvalue weighted by molar-refractivity contribution is 7.98. The average molecular weight is 508 g/mol. The van der Waals surface area contributed by atoms with Crippen molar-refractivity contribution >= 4 is 34.7 Å². The molecular weight excluding hydrogens is 481 g/mol. The average Bonchev–Trinajstić information content (AvgIpc) is 3.57. The fourth-order valence-corrected chi connectivity index (χ4v) is 5.91. The number of anilines is 1. The van der Waals surface area contributed by atoms with Gasteiger partial charge in [-0.2, -0.15) is 0 Å². The summed E-state index contributed by atoms with van der Waals surface area (Å²) in [5, 5.41) is 11.7. The molecule has 0 aliphatic carbocycles. The summed E-state index contributed by atoms with van der Waals surface area (Å²) in [5.41, 5.74) is 2.34. The zero-order valence-electron chi connectivity index (χ0n) is 19.4. The molecule has 4 aromatic rings. The molecule has 2 aromatic heterocycles. The number of piperazine rings is 1. The van der Waals surface area contributed by atoms with Crippen LogP contribution in [0.1, 0.15) is 22.8 Å². The summed E-state index contributed by atoms with van der Waals surface area (Å²) < 4.78 is 16.2. The highest BCUT2D eigenvalue weighted by Crippen LogP contribution is 2.29. The molecule has 0 unspecified atom stereocenters. The van der Waals surface area contributed by atoms with Gasteiger partial charge in [-0.1, -0.05) is 42.1 Å². The standard InChI is InChI=1S/C26H26FN5OS2/c1-2-32-24(23-11-6-16-34-23)28-29-26(32)35-18-19-7-5-8-20(17-19)25(33)31-14-12-30(13-15-31)22-10-4-3-9-21(22)27/h3-11,16-17H,2,12-15,18H2,1H3.